The molecule has 0 radical (unpaired) electrons. The first-order chi connectivity index (χ1) is 28.6. The number of benzene rings is 1. The molecule has 0 bridgehead atoms. The highest BCUT2D eigenvalue weighted by Gasteiger charge is 2.26. The molecule has 0 spiro atoms. The molecule has 1 aromatic carbocycles. The summed E-state index contributed by atoms with van der Waals surface area (Å²) in [6.07, 6.45) is 33.8. The molecule has 11 heteroatoms. The molecular weight excluding hydrogens is 765 g/mol. The van der Waals surface area contributed by atoms with Crippen molar-refractivity contribution in [3.63, 3.8) is 0 Å². The highest BCUT2D eigenvalue weighted by Crippen LogP contribution is 2.43. The number of carbonyl (C=O) groups is 3. The quantitative estimate of drug-likeness (QED) is 0.0375. The van der Waals surface area contributed by atoms with Crippen LogP contribution in [-0.2, 0) is 32.7 Å². The van der Waals surface area contributed by atoms with Crippen molar-refractivity contribution in [1.29, 1.82) is 0 Å². The predicted octanol–water partition coefficient (Wildman–Crippen LogP) is 13.3. The molecule has 2 atom stereocenters. The highest BCUT2D eigenvalue weighted by atomic mass is 31.2. The van der Waals surface area contributed by atoms with Gasteiger partial charge in [0.25, 0.3) is 5.91 Å². The van der Waals surface area contributed by atoms with Gasteiger partial charge in [-0.25, -0.2) is 4.57 Å². The van der Waals surface area contributed by atoms with Crippen molar-refractivity contribution in [1.82, 2.24) is 5.32 Å². The normalized spacial score (nSPS) is 12.7. The van der Waals surface area contributed by atoms with E-state index in [0.29, 0.717) is 18.4 Å². The first-order valence-electron chi connectivity index (χ1n) is 23.3. The number of hydrogen-bond acceptors (Lipinski definition) is 8. The zero-order chi connectivity index (χ0) is 43.2. The van der Waals surface area contributed by atoms with Gasteiger partial charge in [-0.3, -0.25) is 23.4 Å². The lowest BCUT2D eigenvalue weighted by atomic mass is 10.0. The van der Waals surface area contributed by atoms with Crippen LogP contribution in [0.1, 0.15) is 215 Å². The van der Waals surface area contributed by atoms with Gasteiger partial charge >= 0.3 is 19.8 Å². The van der Waals surface area contributed by atoms with E-state index in [0.717, 1.165) is 49.7 Å². The SMILES string of the molecule is C=Cc1cc(C=C)cc(C(=O)NCCOP(=O)(O)OCC(COC(=O)CCCCCCCCCCCCCCC)OC(=O)CCCCCCCCCCCCCCC)c1. The molecule has 1 aromatic rings. The summed E-state index contributed by atoms with van der Waals surface area (Å²) in [7, 11) is -4.60. The third-order valence-electron chi connectivity index (χ3n) is 10.5. The van der Waals surface area contributed by atoms with E-state index in [4.69, 9.17) is 18.5 Å². The smallest absolute Gasteiger partial charge is 0.462 e. The molecule has 0 aliphatic carbocycles. The second-order valence-electron chi connectivity index (χ2n) is 15.9. The Morgan fingerprint density at radius 3 is 1.44 bits per heavy atom. The molecular formula is C48H82NO9P. The Balaban J connectivity index is 2.47. The average molecular weight is 848 g/mol. The van der Waals surface area contributed by atoms with Crippen LogP contribution in [0.4, 0.5) is 0 Å². The number of rotatable bonds is 41. The summed E-state index contributed by atoms with van der Waals surface area (Å²) in [5.74, 6) is -1.29. The van der Waals surface area contributed by atoms with Gasteiger partial charge in [-0.1, -0.05) is 193 Å². The van der Waals surface area contributed by atoms with Crippen molar-refractivity contribution in [2.75, 3.05) is 26.4 Å². The van der Waals surface area contributed by atoms with Crippen LogP contribution < -0.4 is 5.32 Å². The molecule has 0 fully saturated rings. The maximum absolute atomic E-state index is 12.8. The zero-order valence-electron chi connectivity index (χ0n) is 37.2. The van der Waals surface area contributed by atoms with Crippen LogP contribution in [0.25, 0.3) is 12.2 Å². The molecule has 2 unspecified atom stereocenters. The third kappa shape index (κ3) is 31.7. The molecule has 0 saturated carbocycles. The van der Waals surface area contributed by atoms with Crippen molar-refractivity contribution >= 4 is 37.8 Å². The molecule has 59 heavy (non-hydrogen) atoms. The molecule has 1 amide bonds. The fourth-order valence-corrected chi connectivity index (χ4v) is 7.63. The summed E-state index contributed by atoms with van der Waals surface area (Å²) in [5, 5.41) is 2.65. The standard InChI is InChI=1S/C48H82NO9P/c1-5-9-11-13-15-17-19-21-23-25-27-29-31-33-46(50)55-40-45(58-47(51)34-32-30-28-26-24-22-20-18-16-14-12-10-6-2)41-57-59(53,54)56-36-35-49-48(52)44-38-42(7-3)37-43(8-4)39-44/h7-8,37-39,45H,3-6,9-36,40-41H2,1-2H3,(H,49,52)(H,53,54). The van der Waals surface area contributed by atoms with Crippen LogP contribution in [-0.4, -0.2) is 55.2 Å². The van der Waals surface area contributed by atoms with E-state index in [-0.39, 0.29) is 32.6 Å². The Labute approximate surface area is 358 Å². The Morgan fingerprint density at radius 1 is 0.610 bits per heavy atom. The maximum atomic E-state index is 12.8. The summed E-state index contributed by atoms with van der Waals surface area (Å²) in [4.78, 5) is 48.3. The number of amides is 1. The van der Waals surface area contributed by atoms with Crippen molar-refractivity contribution < 1.29 is 42.4 Å². The topological polar surface area (TPSA) is 137 Å². The van der Waals surface area contributed by atoms with Gasteiger partial charge in [0.05, 0.1) is 13.2 Å². The molecule has 338 valence electrons. The van der Waals surface area contributed by atoms with Gasteiger partial charge in [-0.05, 0) is 42.2 Å². The number of hydrogen-bond donors (Lipinski definition) is 2. The lowest BCUT2D eigenvalue weighted by Crippen LogP contribution is -2.30. The second kappa shape index (κ2) is 37.0. The molecule has 0 saturated heterocycles. The molecule has 10 nitrogen and oxygen atoms in total. The average Bonchev–Trinajstić information content (AvgIpc) is 3.23. The number of carbonyl (C=O) groups excluding carboxylic acids is 3. The van der Waals surface area contributed by atoms with E-state index in [2.05, 4.69) is 32.3 Å². The van der Waals surface area contributed by atoms with Crippen molar-refractivity contribution in [2.24, 2.45) is 0 Å². The van der Waals surface area contributed by atoms with Crippen LogP contribution in [0.2, 0.25) is 0 Å². The number of phosphoric acid groups is 1. The number of phosphoric ester groups is 1. The fourth-order valence-electron chi connectivity index (χ4n) is 6.88. The third-order valence-corrected chi connectivity index (χ3v) is 11.5. The van der Waals surface area contributed by atoms with Gasteiger partial charge in [0.2, 0.25) is 0 Å². The van der Waals surface area contributed by atoms with Gasteiger partial charge in [-0.2, -0.15) is 0 Å². The van der Waals surface area contributed by atoms with Crippen molar-refractivity contribution in [2.45, 2.75) is 200 Å². The Bertz CT molecular complexity index is 1290. The Kier molecular flexibility index (Phi) is 34.0. The lowest BCUT2D eigenvalue weighted by molar-refractivity contribution is -0.161. The van der Waals surface area contributed by atoms with Crippen molar-refractivity contribution in [3.05, 3.63) is 48.0 Å². The first-order valence-corrected chi connectivity index (χ1v) is 24.8. The molecule has 0 aromatic heterocycles. The van der Waals surface area contributed by atoms with Gasteiger partial charge in [0, 0.05) is 24.9 Å². The first kappa shape index (κ1) is 54.2. The fraction of sp³-hybridized carbons (Fsp3) is 0.729. The summed E-state index contributed by atoms with van der Waals surface area (Å²) in [6.45, 7) is 10.8. The highest BCUT2D eigenvalue weighted by molar-refractivity contribution is 7.47. The number of ether oxygens (including phenoxy) is 2. The maximum Gasteiger partial charge on any atom is 0.472 e. The summed E-state index contributed by atoms with van der Waals surface area (Å²) < 4.78 is 33.9. The van der Waals surface area contributed by atoms with Crippen LogP contribution in [0.5, 0.6) is 0 Å². The summed E-state index contributed by atoms with van der Waals surface area (Å²) in [5.41, 5.74) is 1.89. The Morgan fingerprint density at radius 2 is 1.02 bits per heavy atom. The van der Waals surface area contributed by atoms with Crippen LogP contribution in [0.15, 0.2) is 31.4 Å². The zero-order valence-corrected chi connectivity index (χ0v) is 38.1. The van der Waals surface area contributed by atoms with E-state index in [9.17, 15) is 23.8 Å². The summed E-state index contributed by atoms with van der Waals surface area (Å²) in [6, 6.07) is 5.18. The monoisotopic (exact) mass is 848 g/mol. The minimum Gasteiger partial charge on any atom is -0.462 e. The molecule has 0 aliphatic rings. The predicted molar refractivity (Wildman–Crippen MR) is 242 cm³/mol. The van der Waals surface area contributed by atoms with Crippen LogP contribution in [0.3, 0.4) is 0 Å². The second-order valence-corrected chi connectivity index (χ2v) is 17.4. The molecule has 1 rings (SSSR count). The van der Waals surface area contributed by atoms with E-state index in [1.54, 1.807) is 24.3 Å². The van der Waals surface area contributed by atoms with E-state index in [1.807, 2.05) is 6.07 Å². The Hall–Kier alpha value is -2.78. The van der Waals surface area contributed by atoms with Crippen LogP contribution in [0, 0.1) is 0 Å². The lowest BCUT2D eigenvalue weighted by Gasteiger charge is -2.20. The van der Waals surface area contributed by atoms with Gasteiger partial charge in [0.1, 0.15) is 6.61 Å². The number of nitrogens with one attached hydrogen (secondary N) is 1. The minimum absolute atomic E-state index is 0.0666. The van der Waals surface area contributed by atoms with Gasteiger partial charge in [-0.15, -0.1) is 0 Å². The molecule has 2 N–H and O–H groups in total. The van der Waals surface area contributed by atoms with E-state index in [1.165, 1.54) is 116 Å². The molecule has 0 heterocycles. The van der Waals surface area contributed by atoms with Crippen molar-refractivity contribution in [3.8, 4) is 0 Å². The van der Waals surface area contributed by atoms with Gasteiger partial charge < -0.3 is 19.7 Å². The van der Waals surface area contributed by atoms with E-state index < -0.39 is 38.4 Å². The molecule has 0 aliphatic heterocycles. The number of unbranched alkanes of at least 4 members (excludes halogenated alkanes) is 24. The van der Waals surface area contributed by atoms with Gasteiger partial charge in [0.15, 0.2) is 6.10 Å². The summed E-state index contributed by atoms with van der Waals surface area (Å²) >= 11 is 0. The van der Waals surface area contributed by atoms with Crippen LogP contribution >= 0.6 is 7.82 Å². The largest absolute Gasteiger partial charge is 0.472 e. The minimum atomic E-state index is -4.60. The number of esters is 2. The van der Waals surface area contributed by atoms with E-state index >= 15 is 0 Å².